The van der Waals surface area contributed by atoms with E-state index >= 15 is 0 Å². The molecule has 0 bridgehead atoms. The number of rotatable bonds is 5. The van der Waals surface area contributed by atoms with Crippen molar-refractivity contribution in [2.45, 2.75) is 23.5 Å². The molecule has 112 valence electrons. The van der Waals surface area contributed by atoms with Gasteiger partial charge in [0.2, 0.25) is 5.12 Å². The average molecular weight is 323 g/mol. The van der Waals surface area contributed by atoms with Crippen molar-refractivity contribution in [2.24, 2.45) is 0 Å². The summed E-state index contributed by atoms with van der Waals surface area (Å²) in [7, 11) is 0. The second kappa shape index (κ2) is 6.58. The molecule has 1 aromatic carbocycles. The summed E-state index contributed by atoms with van der Waals surface area (Å²) in [5.41, 5.74) is 0.767. The number of hydrogen-bond donors (Lipinski definition) is 1. The third kappa shape index (κ3) is 4.04. The van der Waals surface area contributed by atoms with Crippen molar-refractivity contribution in [1.82, 2.24) is 0 Å². The molecule has 0 aromatic heterocycles. The normalized spacial score (nSPS) is 16.5. The number of ether oxygens (including phenoxy) is 1. The van der Waals surface area contributed by atoms with Crippen LogP contribution in [-0.4, -0.2) is 28.6 Å². The van der Waals surface area contributed by atoms with Crippen LogP contribution in [-0.2, 0) is 14.3 Å². The van der Waals surface area contributed by atoms with Crippen molar-refractivity contribution in [1.29, 1.82) is 0 Å². The molecule has 1 aromatic rings. The van der Waals surface area contributed by atoms with Crippen LogP contribution in [0.3, 0.4) is 0 Å². The Bertz CT molecular complexity index is 596. The van der Waals surface area contributed by atoms with Crippen LogP contribution in [0.1, 0.15) is 13.8 Å². The van der Waals surface area contributed by atoms with Gasteiger partial charge in [0.15, 0.2) is 6.61 Å². The number of carbonyl (C=O) groups excluding carboxylic acids is 2. The van der Waals surface area contributed by atoms with Gasteiger partial charge in [-0.05, 0) is 32.2 Å². The Kier molecular flexibility index (Phi) is 5.00. The second-order valence-electron chi connectivity index (χ2n) is 4.98. The molecule has 0 unspecified atom stereocenters. The molecule has 0 atom stereocenters. The van der Waals surface area contributed by atoms with Crippen LogP contribution >= 0.6 is 23.5 Å². The molecule has 0 spiro atoms. The summed E-state index contributed by atoms with van der Waals surface area (Å²) in [6.45, 7) is 3.69. The van der Waals surface area contributed by atoms with Gasteiger partial charge in [0.25, 0.3) is 5.91 Å². The van der Waals surface area contributed by atoms with Gasteiger partial charge in [-0.1, -0.05) is 23.9 Å². The highest BCUT2D eigenvalue weighted by Crippen LogP contribution is 2.39. The van der Waals surface area contributed by atoms with E-state index in [1.807, 2.05) is 44.4 Å². The lowest BCUT2D eigenvalue weighted by atomic mass is 10.1. The smallest absolute Gasteiger partial charge is 0.262 e. The van der Waals surface area contributed by atoms with Gasteiger partial charge in [0.05, 0.1) is 10.4 Å². The zero-order valence-corrected chi connectivity index (χ0v) is 13.8. The number of benzene rings is 1. The summed E-state index contributed by atoms with van der Waals surface area (Å²) in [5, 5.41) is 2.78. The van der Waals surface area contributed by atoms with E-state index < -0.39 is 4.75 Å². The second-order valence-corrected chi connectivity index (χ2v) is 7.45. The van der Waals surface area contributed by atoms with Gasteiger partial charge in [0.1, 0.15) is 5.76 Å². The molecular weight excluding hydrogens is 306 g/mol. The van der Waals surface area contributed by atoms with E-state index in [0.29, 0.717) is 5.76 Å². The van der Waals surface area contributed by atoms with E-state index in [9.17, 15) is 9.59 Å². The number of anilines is 1. The number of thioether (sulfide) groups is 2. The van der Waals surface area contributed by atoms with Crippen molar-refractivity contribution in [2.75, 3.05) is 18.2 Å². The van der Waals surface area contributed by atoms with Crippen molar-refractivity contribution < 1.29 is 14.3 Å². The molecular formula is C15H17NO3S2. The van der Waals surface area contributed by atoms with Crippen LogP contribution in [0.15, 0.2) is 41.0 Å². The molecule has 0 aliphatic carbocycles. The highest BCUT2D eigenvalue weighted by Gasteiger charge is 2.35. The van der Waals surface area contributed by atoms with Crippen LogP contribution < -0.4 is 5.32 Å². The lowest BCUT2D eigenvalue weighted by Gasteiger charge is -2.20. The molecule has 1 aliphatic heterocycles. The summed E-state index contributed by atoms with van der Waals surface area (Å²) >= 11 is 2.77. The minimum atomic E-state index is -0.408. The number of hydrogen-bond acceptors (Lipinski definition) is 5. The molecule has 0 fully saturated rings. The maximum Gasteiger partial charge on any atom is 0.262 e. The van der Waals surface area contributed by atoms with Crippen LogP contribution in [0, 0.1) is 0 Å². The monoisotopic (exact) mass is 323 g/mol. The highest BCUT2D eigenvalue weighted by molar-refractivity contribution is 8.15. The third-order valence-electron chi connectivity index (χ3n) is 2.94. The van der Waals surface area contributed by atoms with E-state index in [4.69, 9.17) is 4.74 Å². The molecule has 21 heavy (non-hydrogen) atoms. The van der Waals surface area contributed by atoms with E-state index in [0.717, 1.165) is 10.6 Å². The standard InChI is InChI=1S/C15H17NO3S2/c1-15(2)12(8-14(18)21-15)19-9-13(17)16-10-6-4-5-7-11(10)20-3/h4-8H,9H2,1-3H3,(H,16,17). The van der Waals surface area contributed by atoms with E-state index in [-0.39, 0.29) is 17.6 Å². The molecule has 1 heterocycles. The average Bonchev–Trinajstić information content (AvgIpc) is 2.69. The minimum absolute atomic E-state index is 0.0388. The Hall–Kier alpha value is -1.40. The van der Waals surface area contributed by atoms with E-state index in [2.05, 4.69) is 5.32 Å². The fourth-order valence-corrected chi connectivity index (χ4v) is 3.35. The zero-order chi connectivity index (χ0) is 15.5. The first-order valence-electron chi connectivity index (χ1n) is 6.43. The summed E-state index contributed by atoms with van der Waals surface area (Å²) in [4.78, 5) is 24.4. The van der Waals surface area contributed by atoms with Gasteiger partial charge >= 0.3 is 0 Å². The van der Waals surface area contributed by atoms with E-state index in [1.54, 1.807) is 11.8 Å². The first-order chi connectivity index (χ1) is 9.92. The minimum Gasteiger partial charge on any atom is -0.486 e. The third-order valence-corrected chi connectivity index (χ3v) is 4.76. The summed E-state index contributed by atoms with van der Waals surface area (Å²) in [6, 6.07) is 7.59. The molecule has 6 heteroatoms. The SMILES string of the molecule is CSc1ccccc1NC(=O)COC1=CC(=O)SC1(C)C. The first-order valence-corrected chi connectivity index (χ1v) is 8.47. The number of carbonyl (C=O) groups is 2. The largest absolute Gasteiger partial charge is 0.486 e. The maximum absolute atomic E-state index is 12.0. The summed E-state index contributed by atoms with van der Waals surface area (Å²) in [5.74, 6) is 0.309. The van der Waals surface area contributed by atoms with Gasteiger partial charge in [-0.3, -0.25) is 9.59 Å². The molecule has 2 rings (SSSR count). The first kappa shape index (κ1) is 16.0. The Labute approximate surface area is 132 Å². The predicted molar refractivity (Wildman–Crippen MR) is 87.6 cm³/mol. The van der Waals surface area contributed by atoms with Gasteiger partial charge in [0, 0.05) is 11.0 Å². The van der Waals surface area contributed by atoms with Crippen LogP contribution in [0.25, 0.3) is 0 Å². The molecule has 4 nitrogen and oxygen atoms in total. The Balaban J connectivity index is 1.94. The van der Waals surface area contributed by atoms with Crippen molar-refractivity contribution in [3.8, 4) is 0 Å². The molecule has 1 aliphatic rings. The van der Waals surface area contributed by atoms with Crippen LogP contribution in [0.4, 0.5) is 5.69 Å². The Morgan fingerprint density at radius 2 is 2.10 bits per heavy atom. The van der Waals surface area contributed by atoms with Crippen LogP contribution in [0.5, 0.6) is 0 Å². The molecule has 1 amide bonds. The Morgan fingerprint density at radius 3 is 2.71 bits per heavy atom. The summed E-state index contributed by atoms with van der Waals surface area (Å²) < 4.78 is 5.09. The fraction of sp³-hybridized carbons (Fsp3) is 0.333. The molecule has 0 saturated carbocycles. The van der Waals surface area contributed by atoms with Crippen LogP contribution in [0.2, 0.25) is 0 Å². The lowest BCUT2D eigenvalue weighted by molar-refractivity contribution is -0.119. The number of para-hydroxylation sites is 1. The zero-order valence-electron chi connectivity index (χ0n) is 12.1. The van der Waals surface area contributed by atoms with Gasteiger partial charge in [-0.15, -0.1) is 11.8 Å². The quantitative estimate of drug-likeness (QED) is 0.843. The molecule has 1 N–H and O–H groups in total. The highest BCUT2D eigenvalue weighted by atomic mass is 32.2. The summed E-state index contributed by atoms with van der Waals surface area (Å²) in [6.07, 6.45) is 3.41. The predicted octanol–water partition coefficient (Wildman–Crippen LogP) is 3.30. The number of nitrogens with one attached hydrogen (secondary N) is 1. The maximum atomic E-state index is 12.0. The van der Waals surface area contributed by atoms with Gasteiger partial charge in [-0.2, -0.15) is 0 Å². The van der Waals surface area contributed by atoms with Crippen molar-refractivity contribution in [3.63, 3.8) is 0 Å². The lowest BCUT2D eigenvalue weighted by Crippen LogP contribution is -2.23. The Morgan fingerprint density at radius 1 is 1.38 bits per heavy atom. The fourth-order valence-electron chi connectivity index (χ4n) is 1.91. The number of amides is 1. The van der Waals surface area contributed by atoms with Crippen molar-refractivity contribution >= 4 is 40.2 Å². The molecule has 0 saturated heterocycles. The van der Waals surface area contributed by atoms with Gasteiger partial charge < -0.3 is 10.1 Å². The van der Waals surface area contributed by atoms with Crippen molar-refractivity contribution in [3.05, 3.63) is 36.1 Å². The topological polar surface area (TPSA) is 55.4 Å². The van der Waals surface area contributed by atoms with E-state index in [1.165, 1.54) is 17.8 Å². The molecule has 0 radical (unpaired) electrons. The van der Waals surface area contributed by atoms with Gasteiger partial charge in [-0.25, -0.2) is 0 Å².